The van der Waals surface area contributed by atoms with E-state index in [9.17, 15) is 18.3 Å². The predicted molar refractivity (Wildman–Crippen MR) is 93.3 cm³/mol. The molecule has 0 radical (unpaired) electrons. The fourth-order valence-corrected chi connectivity index (χ4v) is 3.45. The van der Waals surface area contributed by atoms with E-state index in [0.717, 1.165) is 27.9 Å². The molecule has 0 saturated heterocycles. The fraction of sp³-hybridized carbons (Fsp3) is 0.0588. The largest absolute Gasteiger partial charge is 0.870 e. The number of rotatable bonds is 1. The standard InChI is InChI=1S/C17H11BrF3N3O.H2O/c18-13-9-15-16(25)23(11-5-3-4-10(8-11)17(19,20)21)22-24(15)14-7-2-1-6-12(13)14;/h1-9,22,25H;1H2. The molecule has 2 aromatic carbocycles. The molecule has 0 aliphatic carbocycles. The lowest BCUT2D eigenvalue weighted by atomic mass is 10.1. The SMILES string of the molecule is OC1=C2C=C(Br)c3ccccc3N2[NH2+]N1c1cccc(C(F)(F)F)c1.[OH-]. The third-order valence-electron chi connectivity index (χ3n) is 4.08. The van der Waals surface area contributed by atoms with Crippen LogP contribution >= 0.6 is 15.9 Å². The minimum atomic E-state index is -4.44. The zero-order valence-corrected chi connectivity index (χ0v) is 14.7. The molecule has 2 heterocycles. The quantitative estimate of drug-likeness (QED) is 0.680. The van der Waals surface area contributed by atoms with Crippen LogP contribution in [0, 0.1) is 0 Å². The van der Waals surface area contributed by atoms with E-state index in [-0.39, 0.29) is 17.0 Å². The van der Waals surface area contributed by atoms with Gasteiger partial charge in [0.1, 0.15) is 11.4 Å². The Labute approximate surface area is 155 Å². The van der Waals surface area contributed by atoms with Crippen LogP contribution in [0.3, 0.4) is 0 Å². The first-order valence-electron chi connectivity index (χ1n) is 7.37. The summed E-state index contributed by atoms with van der Waals surface area (Å²) in [5.41, 5.74) is 3.29. The predicted octanol–water partition coefficient (Wildman–Crippen LogP) is 3.73. The van der Waals surface area contributed by atoms with E-state index in [4.69, 9.17) is 0 Å². The summed E-state index contributed by atoms with van der Waals surface area (Å²) in [4.78, 5) is 0. The molecule has 0 unspecified atom stereocenters. The van der Waals surface area contributed by atoms with Gasteiger partial charge in [0.25, 0.3) is 5.88 Å². The number of nitrogens with zero attached hydrogens (tertiary/aromatic N) is 2. The molecule has 2 aromatic rings. The number of nitrogens with two attached hydrogens (primary N) is 1. The number of benzene rings is 2. The summed E-state index contributed by atoms with van der Waals surface area (Å²) >= 11 is 3.47. The molecule has 0 spiro atoms. The van der Waals surface area contributed by atoms with Gasteiger partial charge >= 0.3 is 6.18 Å². The molecule has 0 aromatic heterocycles. The fourth-order valence-electron chi connectivity index (χ4n) is 2.89. The maximum absolute atomic E-state index is 13.0. The number of para-hydroxylation sites is 1. The van der Waals surface area contributed by atoms with Gasteiger partial charge in [-0.25, -0.2) is 0 Å². The zero-order valence-electron chi connectivity index (χ0n) is 13.1. The average molecular weight is 428 g/mol. The van der Waals surface area contributed by atoms with E-state index in [1.807, 2.05) is 24.3 Å². The molecule has 2 aliphatic heterocycles. The molecule has 4 N–H and O–H groups in total. The Morgan fingerprint density at radius 1 is 1.00 bits per heavy atom. The second-order valence-electron chi connectivity index (χ2n) is 5.62. The van der Waals surface area contributed by atoms with Crippen LogP contribution in [0.4, 0.5) is 24.5 Å². The summed E-state index contributed by atoms with van der Waals surface area (Å²) < 4.78 is 39.7. The van der Waals surface area contributed by atoms with Gasteiger partial charge in [0.05, 0.1) is 5.56 Å². The van der Waals surface area contributed by atoms with Crippen molar-refractivity contribution in [3.63, 3.8) is 0 Å². The Hall–Kier alpha value is -2.49. The van der Waals surface area contributed by atoms with Gasteiger partial charge < -0.3 is 10.6 Å². The maximum atomic E-state index is 13.0. The van der Waals surface area contributed by atoms with Crippen molar-refractivity contribution in [3.8, 4) is 0 Å². The highest BCUT2D eigenvalue weighted by Crippen LogP contribution is 2.39. The van der Waals surface area contributed by atoms with Crippen molar-refractivity contribution in [2.24, 2.45) is 0 Å². The van der Waals surface area contributed by atoms with Gasteiger partial charge in [-0.3, -0.25) is 0 Å². The smallest absolute Gasteiger partial charge is 0.416 e. The van der Waals surface area contributed by atoms with Crippen LogP contribution in [0.5, 0.6) is 0 Å². The van der Waals surface area contributed by atoms with E-state index >= 15 is 0 Å². The topological polar surface area (TPSA) is 73.3 Å². The first-order valence-corrected chi connectivity index (χ1v) is 8.16. The monoisotopic (exact) mass is 427 g/mol. The molecule has 4 rings (SSSR count). The molecule has 136 valence electrons. The summed E-state index contributed by atoms with van der Waals surface area (Å²) in [6.07, 6.45) is -2.71. The number of hydrogen-bond donors (Lipinski definition) is 2. The molecule has 0 atom stereocenters. The summed E-state index contributed by atoms with van der Waals surface area (Å²) in [5, 5.41) is 13.6. The lowest BCUT2D eigenvalue weighted by Crippen LogP contribution is -2.99. The van der Waals surface area contributed by atoms with Crippen LogP contribution in [0.2, 0.25) is 0 Å². The third kappa shape index (κ3) is 2.83. The van der Waals surface area contributed by atoms with Crippen LogP contribution in [0.25, 0.3) is 4.48 Å². The van der Waals surface area contributed by atoms with E-state index in [1.165, 1.54) is 17.1 Å². The van der Waals surface area contributed by atoms with Crippen LogP contribution in [0.1, 0.15) is 11.1 Å². The van der Waals surface area contributed by atoms with E-state index in [0.29, 0.717) is 5.70 Å². The molecule has 2 aliphatic rings. The first-order chi connectivity index (χ1) is 11.9. The number of fused-ring (bicyclic) bond motifs is 3. The van der Waals surface area contributed by atoms with Crippen LogP contribution in [-0.2, 0) is 6.18 Å². The second-order valence-corrected chi connectivity index (χ2v) is 6.48. The highest BCUT2D eigenvalue weighted by Gasteiger charge is 2.39. The van der Waals surface area contributed by atoms with Crippen molar-refractivity contribution in [1.29, 1.82) is 0 Å². The number of anilines is 2. The van der Waals surface area contributed by atoms with Gasteiger partial charge in [-0.1, -0.05) is 40.2 Å². The molecule has 0 bridgehead atoms. The first kappa shape index (κ1) is 18.3. The van der Waals surface area contributed by atoms with Crippen LogP contribution in [-0.4, -0.2) is 10.6 Å². The molecule has 9 heteroatoms. The van der Waals surface area contributed by atoms with E-state index < -0.39 is 11.7 Å². The Morgan fingerprint density at radius 3 is 2.46 bits per heavy atom. The van der Waals surface area contributed by atoms with Crippen molar-refractivity contribution in [2.45, 2.75) is 6.18 Å². The Balaban J connectivity index is 0.00000196. The van der Waals surface area contributed by atoms with Crippen LogP contribution in [0.15, 0.2) is 66.2 Å². The highest BCUT2D eigenvalue weighted by molar-refractivity contribution is 9.15. The molecule has 5 nitrogen and oxygen atoms in total. The van der Waals surface area contributed by atoms with Crippen molar-refractivity contribution < 1.29 is 29.3 Å². The normalized spacial score (nSPS) is 16.1. The number of quaternary nitrogens is 1. The van der Waals surface area contributed by atoms with Crippen molar-refractivity contribution in [1.82, 2.24) is 0 Å². The second kappa shape index (κ2) is 6.35. The van der Waals surface area contributed by atoms with Gasteiger partial charge in [-0.05, 0) is 30.3 Å². The summed E-state index contributed by atoms with van der Waals surface area (Å²) in [6.45, 7) is 0. The van der Waals surface area contributed by atoms with Gasteiger partial charge in [0.2, 0.25) is 0 Å². The Bertz CT molecular complexity index is 927. The third-order valence-corrected chi connectivity index (χ3v) is 4.74. The summed E-state index contributed by atoms with van der Waals surface area (Å²) in [7, 11) is 0. The number of aliphatic hydroxyl groups excluding tert-OH is 1. The Morgan fingerprint density at radius 2 is 1.73 bits per heavy atom. The molecular formula is C17H13BrF3N3O2. The van der Waals surface area contributed by atoms with Gasteiger partial charge in [-0.2, -0.15) is 18.2 Å². The van der Waals surface area contributed by atoms with E-state index in [1.54, 1.807) is 16.6 Å². The van der Waals surface area contributed by atoms with Gasteiger partial charge in [-0.15, -0.1) is 10.5 Å². The summed E-state index contributed by atoms with van der Waals surface area (Å²) in [5.74, 6) is -0.134. The number of halogens is 4. The molecule has 0 saturated carbocycles. The van der Waals surface area contributed by atoms with Crippen LogP contribution < -0.4 is 15.6 Å². The Kier molecular flexibility index (Phi) is 4.47. The van der Waals surface area contributed by atoms with Crippen molar-refractivity contribution in [2.75, 3.05) is 10.0 Å². The van der Waals surface area contributed by atoms with Gasteiger partial charge in [0.15, 0.2) is 5.70 Å². The number of aliphatic hydroxyl groups is 1. The minimum absolute atomic E-state index is 0. The van der Waals surface area contributed by atoms with Crippen molar-refractivity contribution in [3.05, 3.63) is 77.3 Å². The van der Waals surface area contributed by atoms with Gasteiger partial charge in [0, 0.05) is 10.0 Å². The minimum Gasteiger partial charge on any atom is -0.870 e. The number of hydrogen-bond acceptors (Lipinski definition) is 4. The lowest BCUT2D eigenvalue weighted by Gasteiger charge is -2.24. The molecule has 0 fully saturated rings. The average Bonchev–Trinajstić information content (AvgIpc) is 2.92. The maximum Gasteiger partial charge on any atom is 0.416 e. The highest BCUT2D eigenvalue weighted by atomic mass is 79.9. The lowest BCUT2D eigenvalue weighted by molar-refractivity contribution is -0.661. The molecular weight excluding hydrogens is 415 g/mol. The molecule has 26 heavy (non-hydrogen) atoms. The number of alkyl halides is 3. The zero-order chi connectivity index (χ0) is 17.8. The number of allylic oxidation sites excluding steroid dienone is 1. The molecule has 0 amide bonds. The van der Waals surface area contributed by atoms with E-state index in [2.05, 4.69) is 15.9 Å². The van der Waals surface area contributed by atoms with Crippen molar-refractivity contribution >= 4 is 31.8 Å². The summed E-state index contributed by atoms with van der Waals surface area (Å²) in [6, 6.07) is 12.4.